The van der Waals surface area contributed by atoms with Gasteiger partial charge in [-0.2, -0.15) is 18.9 Å². The van der Waals surface area contributed by atoms with Gasteiger partial charge in [-0.15, -0.1) is 90.7 Å². The van der Waals surface area contributed by atoms with Crippen LogP contribution in [0.4, 0.5) is 0 Å². The number of fused-ring (bicyclic) bond motifs is 21. The van der Waals surface area contributed by atoms with E-state index in [-0.39, 0.29) is 0 Å². The number of benzene rings is 14. The van der Waals surface area contributed by atoms with Crippen molar-refractivity contribution in [2.45, 2.75) is 25.7 Å². The Labute approximate surface area is 874 Å². The van der Waals surface area contributed by atoms with E-state index >= 15 is 0 Å². The highest BCUT2D eigenvalue weighted by molar-refractivity contribution is 7.36. The average molecular weight is 2060 g/mol. The van der Waals surface area contributed by atoms with Crippen LogP contribution in [0.1, 0.15) is 22.3 Å². The average Bonchev–Trinajstić information content (AvgIpc) is 1.31. The monoisotopic (exact) mass is 2060 g/mol. The van der Waals surface area contributed by atoms with Gasteiger partial charge in [0.1, 0.15) is 22.1 Å². The Morgan fingerprint density at radius 1 is 0.260 bits per heavy atom. The van der Waals surface area contributed by atoms with Crippen molar-refractivity contribution in [3.05, 3.63) is 487 Å². The molecule has 708 valence electrons. The van der Waals surface area contributed by atoms with Gasteiger partial charge in [0.25, 0.3) is 0 Å². The molecule has 146 heavy (non-hydrogen) atoms. The third kappa shape index (κ3) is 24.5. The minimum atomic E-state index is 0.803. The number of hydrogen-bond donors (Lipinski definition) is 2. The van der Waals surface area contributed by atoms with Crippen LogP contribution in [-0.4, -0.2) is 84.1 Å². The summed E-state index contributed by atoms with van der Waals surface area (Å²) in [6.45, 7) is 0. The first-order chi connectivity index (χ1) is 72.5. The van der Waals surface area contributed by atoms with E-state index in [4.69, 9.17) is 0 Å². The van der Waals surface area contributed by atoms with Gasteiger partial charge >= 0.3 is 0 Å². The summed E-state index contributed by atoms with van der Waals surface area (Å²) in [6.07, 6.45) is 26.8. The molecule has 2 aliphatic carbocycles. The van der Waals surface area contributed by atoms with Crippen molar-refractivity contribution in [3.63, 3.8) is 0 Å². The zero-order valence-corrected chi connectivity index (χ0v) is 85.4. The first-order valence-electron chi connectivity index (χ1n) is 46.6. The van der Waals surface area contributed by atoms with E-state index in [9.17, 15) is 0 Å². The Morgan fingerprint density at radius 2 is 0.678 bits per heavy atom. The number of rotatable bonds is 0. The predicted molar refractivity (Wildman–Crippen MR) is 619 cm³/mol. The highest BCUT2D eigenvalue weighted by Gasteiger charge is 2.17. The number of thiophene rings is 6. The molecule has 2 aliphatic rings. The molecule has 0 radical (unpaired) electrons. The summed E-state index contributed by atoms with van der Waals surface area (Å²) < 4.78 is 23.9. The van der Waals surface area contributed by atoms with Crippen molar-refractivity contribution in [3.8, 4) is 11.1 Å². The molecular formula is C119H87N17OS9. The molecule has 0 saturated carbocycles. The number of aromatic nitrogens is 17. The summed E-state index contributed by atoms with van der Waals surface area (Å²) >= 11 is 15.5. The Balaban J connectivity index is 0.0000000967. The number of aryl methyl sites for hydroxylation is 4. The normalized spacial score (nSPS) is 11.0. The van der Waals surface area contributed by atoms with E-state index in [2.05, 4.69) is 359 Å². The number of aromatic amines is 2. The van der Waals surface area contributed by atoms with Gasteiger partial charge in [-0.3, -0.25) is 24.9 Å². The number of pyridine rings is 3. The van der Waals surface area contributed by atoms with Crippen LogP contribution >= 0.6 is 102 Å². The number of imidazole rings is 2. The number of thiazole rings is 2. The minimum Gasteiger partial charge on any atom is -0.351 e. The first kappa shape index (κ1) is 96.9. The molecule has 17 aromatic heterocycles. The van der Waals surface area contributed by atoms with E-state index in [0.29, 0.717) is 0 Å². The molecule has 27 heteroatoms. The first-order valence-corrected chi connectivity index (χ1v) is 54.3. The predicted octanol–water partition coefficient (Wildman–Crippen LogP) is 33.7. The molecule has 0 aliphatic heterocycles. The fourth-order valence-electron chi connectivity index (χ4n) is 16.6. The number of nitrogens with zero attached hydrogens (tertiary/aromatic N) is 15. The molecule has 0 saturated heterocycles. The van der Waals surface area contributed by atoms with Crippen LogP contribution in [0.5, 0.6) is 0 Å². The van der Waals surface area contributed by atoms with Gasteiger partial charge in [0.2, 0.25) is 0 Å². The second-order valence-corrected chi connectivity index (χ2v) is 40.6. The second-order valence-electron chi connectivity index (χ2n) is 32.5. The number of nitrogens with one attached hydrogen (secondary N) is 2. The summed E-state index contributed by atoms with van der Waals surface area (Å²) in [5.74, 6) is 0. The van der Waals surface area contributed by atoms with Gasteiger partial charge in [0.05, 0.1) is 72.4 Å². The Bertz CT molecular complexity index is 8520. The third-order valence-corrected chi connectivity index (χ3v) is 31.8. The molecule has 14 aromatic carbocycles. The minimum absolute atomic E-state index is 0.803. The lowest BCUT2D eigenvalue weighted by molar-refractivity contribution is 0.315. The standard InChI is InChI=1S/C16H12.C14H8S2.C14H12.C13H9N.C12H8N2.C10H6S2.C7H6N2.C6H4N2O.C6H4N2S.C6H4S2.C4H2N2S2.2C4H4N2.C3H4N2/c1-3-11-7-9-13-5-2-6-14-10-8-12(4-1)15(11)16(13)14;1-3-7-11-9(5-1)13-14(15-11)10-6-2-4-8-12(10)16-13;1-3-7-13-11(5-1)9-10-12-6-2-4-8-14(12)13;1-2-6-12-10(4-1)7-8-11-5-3-9-14-13(11)12;1-3-9-5-6-10-4-2-8-14-12(10)11(9)13-7-1;1-3-11-9-6-8-2-4-12-10(8)5-7(1)9;1-2-4-7-6(3-1)8-5-9-7;2*1-2-4-6-5(3-1)7-9-8-6;1-3-7-6-2-4-8-5(1)6;1-5-3-4(7-1)6-2-8-3;1-2-6-4-3-5-1;1-2-4-6-5-3-1;1-2-5-3-4-1/h1-7,9H,8,10H2;1-8H;1-8H,9-10H2;1-9H;1-8H;1-6H;1-5H,(H,8,9);2*1-4H;1-4H;1-2H;2*1-4H;1-3H,(H,4,5). The van der Waals surface area contributed by atoms with E-state index in [1.54, 1.807) is 120 Å². The largest absolute Gasteiger partial charge is 0.351 e. The van der Waals surface area contributed by atoms with E-state index < -0.39 is 0 Å². The van der Waals surface area contributed by atoms with Crippen LogP contribution in [-0.2, 0) is 25.7 Å². The number of H-pyrrole nitrogens is 2. The molecule has 31 aromatic rings. The van der Waals surface area contributed by atoms with Crippen molar-refractivity contribution in [2.24, 2.45) is 0 Å². The van der Waals surface area contributed by atoms with Crippen LogP contribution < -0.4 is 0 Å². The summed E-state index contributed by atoms with van der Waals surface area (Å²) in [4.78, 5) is 44.2. The van der Waals surface area contributed by atoms with Crippen molar-refractivity contribution in [1.82, 2.24) is 84.1 Å². The molecule has 0 bridgehead atoms. The van der Waals surface area contributed by atoms with Crippen LogP contribution in [0, 0.1) is 0 Å². The molecular weight excluding hydrogens is 1970 g/mol. The van der Waals surface area contributed by atoms with Gasteiger partial charge in [0, 0.05) is 129 Å². The Kier molecular flexibility index (Phi) is 32.8. The zero-order valence-electron chi connectivity index (χ0n) is 78.1. The van der Waals surface area contributed by atoms with Crippen molar-refractivity contribution >= 4 is 269 Å². The van der Waals surface area contributed by atoms with Crippen LogP contribution in [0.2, 0.25) is 0 Å². The molecule has 0 unspecified atom stereocenters. The summed E-state index contributed by atoms with van der Waals surface area (Å²) in [5.41, 5.74) is 21.2. The topological polar surface area (TPSA) is 238 Å². The maximum atomic E-state index is 4.46. The quantitative estimate of drug-likeness (QED) is 0.134. The smallest absolute Gasteiger partial charge is 0.154 e. The fourth-order valence-corrected chi connectivity index (χ4v) is 24.7. The molecule has 18 nitrogen and oxygen atoms in total. The highest BCUT2D eigenvalue weighted by atomic mass is 32.1. The molecule has 0 spiro atoms. The molecule has 17 heterocycles. The van der Waals surface area contributed by atoms with Gasteiger partial charge in [-0.1, -0.05) is 237 Å². The Morgan fingerprint density at radius 3 is 1.17 bits per heavy atom. The van der Waals surface area contributed by atoms with E-state index in [0.717, 1.165) is 70.1 Å². The van der Waals surface area contributed by atoms with E-state index in [1.165, 1.54) is 168 Å². The van der Waals surface area contributed by atoms with Crippen LogP contribution in [0.3, 0.4) is 0 Å². The fraction of sp³-hybridized carbons (Fsp3) is 0.0336. The lowest BCUT2D eigenvalue weighted by Gasteiger charge is -2.19. The Hall–Kier alpha value is -16.6. The van der Waals surface area contributed by atoms with Crippen molar-refractivity contribution < 1.29 is 4.63 Å². The van der Waals surface area contributed by atoms with E-state index in [1.807, 2.05) is 166 Å². The van der Waals surface area contributed by atoms with Gasteiger partial charge in [-0.05, 0) is 244 Å². The maximum absolute atomic E-state index is 4.46. The van der Waals surface area contributed by atoms with Crippen LogP contribution in [0.15, 0.2) is 470 Å². The lowest BCUT2D eigenvalue weighted by Crippen LogP contribution is -2.02. The number of hydrogen-bond acceptors (Lipinski definition) is 25. The number of para-hydroxylation sites is 2. The molecule has 0 amide bonds. The molecule has 2 N–H and O–H groups in total. The van der Waals surface area contributed by atoms with Crippen molar-refractivity contribution in [1.29, 1.82) is 0 Å². The second kappa shape index (κ2) is 49.4. The van der Waals surface area contributed by atoms with Gasteiger partial charge in [-0.25, -0.2) is 24.6 Å². The molecule has 0 fully saturated rings. The summed E-state index contributed by atoms with van der Waals surface area (Å²) in [6, 6.07) is 122. The SMILES string of the molecule is c1c[nH]cn1.c1cc2c3c(c1)ccc1cccc(c13)CC2.c1cc2cc3sccc3cc2s1.c1cc2sccc2s1.c1ccc2[nH]cnc2c1.c1ccc2c(c1)CCc1ccccc1-2.c1ccc2c(c1)ccc1cccnc12.c1ccc2c(c1)sc1c3ccccc3sc21.c1ccc2nonc2c1.c1ccc2nsnc2c1.c1ccnnc1.c1cnc2c(c1)ccc1cccnc12.c1cnccn1.c1nc2scnc2s1. The third-order valence-electron chi connectivity index (χ3n) is 23.4. The zero-order chi connectivity index (χ0) is 98.3. The molecule has 0 atom stereocenters. The van der Waals surface area contributed by atoms with Gasteiger partial charge < -0.3 is 9.97 Å². The summed E-state index contributed by atoms with van der Waals surface area (Å²) in [5, 5.41) is 40.1. The lowest BCUT2D eigenvalue weighted by atomic mass is 9.86. The van der Waals surface area contributed by atoms with Crippen LogP contribution in [0.25, 0.3) is 178 Å². The summed E-state index contributed by atoms with van der Waals surface area (Å²) in [7, 11) is 0. The van der Waals surface area contributed by atoms with Gasteiger partial charge in [0.15, 0.2) is 9.66 Å². The van der Waals surface area contributed by atoms with Crippen molar-refractivity contribution in [2.75, 3.05) is 0 Å². The highest BCUT2D eigenvalue weighted by Crippen LogP contribution is 2.44. The maximum Gasteiger partial charge on any atom is 0.154 e. The molecule has 33 rings (SSSR count).